The Morgan fingerprint density at radius 1 is 1.15 bits per heavy atom. The number of amides is 1. The van der Waals surface area contributed by atoms with Crippen molar-refractivity contribution < 1.29 is 4.79 Å². The minimum absolute atomic E-state index is 0.0307. The van der Waals surface area contributed by atoms with E-state index in [9.17, 15) is 4.79 Å². The van der Waals surface area contributed by atoms with Gasteiger partial charge >= 0.3 is 0 Å². The number of aromatic nitrogens is 3. The molecule has 1 aliphatic carbocycles. The van der Waals surface area contributed by atoms with Crippen molar-refractivity contribution >= 4 is 55.1 Å². The zero-order valence-corrected chi connectivity index (χ0v) is 20.9. The Bertz CT molecular complexity index is 1350. The van der Waals surface area contributed by atoms with Crippen LogP contribution in [0.4, 0.5) is 5.69 Å². The zero-order valence-electron chi connectivity index (χ0n) is 19.3. The normalized spacial score (nSPS) is 13.6. The highest BCUT2D eigenvalue weighted by Gasteiger charge is 2.23. The minimum atomic E-state index is -0.0307. The summed E-state index contributed by atoms with van der Waals surface area (Å²) in [6.07, 6.45) is 7.31. The number of hydrogen-bond donors (Lipinski definition) is 1. The Hall–Kier alpha value is -2.51. The molecule has 1 amide bonds. The highest BCUT2D eigenvalue weighted by atomic mass is 32.2. The van der Waals surface area contributed by atoms with Crippen LogP contribution >= 0.6 is 23.1 Å². The van der Waals surface area contributed by atoms with E-state index < -0.39 is 0 Å². The summed E-state index contributed by atoms with van der Waals surface area (Å²) >= 11 is 3.14. The molecule has 0 fully saturated rings. The number of fused-ring (bicyclic) bond motifs is 5. The number of carbonyl (C=O) groups is 1. The lowest BCUT2D eigenvalue weighted by Crippen LogP contribution is -2.14. The lowest BCUT2D eigenvalue weighted by atomic mass is 9.87. The first kappa shape index (κ1) is 22.3. The van der Waals surface area contributed by atoms with Crippen LogP contribution in [0.2, 0.25) is 0 Å². The summed E-state index contributed by atoms with van der Waals surface area (Å²) in [4.78, 5) is 28.0. The van der Waals surface area contributed by atoms with Gasteiger partial charge in [0.05, 0.1) is 16.0 Å². The van der Waals surface area contributed by atoms with Crippen LogP contribution < -0.4 is 5.32 Å². The van der Waals surface area contributed by atoms with E-state index in [2.05, 4.69) is 29.1 Å². The van der Waals surface area contributed by atoms with Crippen LogP contribution in [0.15, 0.2) is 35.6 Å². The number of anilines is 1. The summed E-state index contributed by atoms with van der Waals surface area (Å²) in [5, 5.41) is 5.08. The standard InChI is InChI=1S/C26H28N4OS2/c1-15(2)12-20-17-9-5-6-10-18(17)22-23-24(33-25(22)30-20)26(28-14-27-23)32-13-21(31)29-19-11-7-4-8-16(19)3/h4,7-8,11,14-15H,5-6,9-10,12-13H2,1-3H3,(H,29,31). The van der Waals surface area contributed by atoms with Crippen molar-refractivity contribution in [1.29, 1.82) is 0 Å². The molecule has 7 heteroatoms. The molecule has 0 saturated carbocycles. The molecule has 5 rings (SSSR count). The van der Waals surface area contributed by atoms with E-state index in [4.69, 9.17) is 4.98 Å². The smallest absolute Gasteiger partial charge is 0.234 e. The molecular weight excluding hydrogens is 448 g/mol. The molecule has 0 unspecified atom stereocenters. The summed E-state index contributed by atoms with van der Waals surface area (Å²) < 4.78 is 1.04. The lowest BCUT2D eigenvalue weighted by Gasteiger charge is -2.20. The number of hydrogen-bond acceptors (Lipinski definition) is 6. The summed E-state index contributed by atoms with van der Waals surface area (Å²) in [5.41, 5.74) is 7.06. The quantitative estimate of drug-likeness (QED) is 0.259. The molecule has 0 aliphatic heterocycles. The Morgan fingerprint density at radius 2 is 1.94 bits per heavy atom. The molecule has 0 spiro atoms. The van der Waals surface area contributed by atoms with E-state index >= 15 is 0 Å². The monoisotopic (exact) mass is 476 g/mol. The van der Waals surface area contributed by atoms with Gasteiger partial charge < -0.3 is 5.32 Å². The Kier molecular flexibility index (Phi) is 6.34. The van der Waals surface area contributed by atoms with Gasteiger partial charge in [-0.05, 0) is 67.7 Å². The van der Waals surface area contributed by atoms with Crippen molar-refractivity contribution in [3.63, 3.8) is 0 Å². The van der Waals surface area contributed by atoms with Crippen LogP contribution in [0.5, 0.6) is 0 Å². The molecule has 170 valence electrons. The van der Waals surface area contributed by atoms with E-state index in [0.717, 1.165) is 50.6 Å². The fourth-order valence-corrected chi connectivity index (χ4v) is 6.66. The van der Waals surface area contributed by atoms with Gasteiger partial charge in [-0.15, -0.1) is 11.3 Å². The fourth-order valence-electron chi connectivity index (χ4n) is 4.61. The van der Waals surface area contributed by atoms with Crippen LogP contribution in [-0.4, -0.2) is 26.6 Å². The van der Waals surface area contributed by atoms with Gasteiger partial charge in [-0.1, -0.05) is 43.8 Å². The third-order valence-corrected chi connectivity index (χ3v) is 8.33. The molecule has 33 heavy (non-hydrogen) atoms. The van der Waals surface area contributed by atoms with Gasteiger partial charge in [-0.2, -0.15) is 0 Å². The second kappa shape index (κ2) is 9.39. The molecule has 1 aromatic carbocycles. The van der Waals surface area contributed by atoms with E-state index in [1.165, 1.54) is 46.8 Å². The molecule has 3 aromatic heterocycles. The third kappa shape index (κ3) is 4.49. The van der Waals surface area contributed by atoms with Gasteiger partial charge in [0.25, 0.3) is 0 Å². The van der Waals surface area contributed by atoms with E-state index in [0.29, 0.717) is 11.7 Å². The Morgan fingerprint density at radius 3 is 2.73 bits per heavy atom. The number of pyridine rings is 1. The fraction of sp³-hybridized carbons (Fsp3) is 0.385. The van der Waals surface area contributed by atoms with Crippen LogP contribution in [0.3, 0.4) is 0 Å². The second-order valence-corrected chi connectivity index (χ2v) is 11.1. The number of benzene rings is 1. The molecule has 4 aromatic rings. The minimum Gasteiger partial charge on any atom is -0.325 e. The van der Waals surface area contributed by atoms with E-state index in [1.807, 2.05) is 31.2 Å². The van der Waals surface area contributed by atoms with Crippen molar-refractivity contribution in [2.45, 2.75) is 57.9 Å². The maximum absolute atomic E-state index is 12.6. The van der Waals surface area contributed by atoms with Crippen LogP contribution in [0.25, 0.3) is 20.4 Å². The number of thiophene rings is 1. The first-order valence-corrected chi connectivity index (χ1v) is 13.4. The van der Waals surface area contributed by atoms with Gasteiger partial charge in [-0.25, -0.2) is 15.0 Å². The predicted octanol–water partition coefficient (Wildman–Crippen LogP) is 6.36. The highest BCUT2D eigenvalue weighted by molar-refractivity contribution is 8.00. The van der Waals surface area contributed by atoms with Crippen molar-refractivity contribution in [3.05, 3.63) is 53.0 Å². The number of nitrogens with zero attached hydrogens (tertiary/aromatic N) is 3. The zero-order chi connectivity index (χ0) is 22.9. The highest BCUT2D eigenvalue weighted by Crippen LogP contribution is 2.41. The first-order valence-electron chi connectivity index (χ1n) is 11.6. The lowest BCUT2D eigenvalue weighted by molar-refractivity contribution is -0.113. The number of thioether (sulfide) groups is 1. The van der Waals surface area contributed by atoms with Gasteiger partial charge in [0, 0.05) is 16.8 Å². The van der Waals surface area contributed by atoms with Gasteiger partial charge in [0.2, 0.25) is 5.91 Å². The molecule has 0 radical (unpaired) electrons. The predicted molar refractivity (Wildman–Crippen MR) is 138 cm³/mol. The molecule has 0 saturated heterocycles. The largest absolute Gasteiger partial charge is 0.325 e. The number of carbonyl (C=O) groups excluding carboxylic acids is 1. The summed E-state index contributed by atoms with van der Waals surface area (Å²) in [6.45, 7) is 6.51. The Labute approximate surface area is 202 Å². The number of para-hydroxylation sites is 1. The molecule has 0 atom stereocenters. The van der Waals surface area contributed by atoms with Gasteiger partial charge in [0.1, 0.15) is 16.2 Å². The maximum Gasteiger partial charge on any atom is 0.234 e. The first-order chi connectivity index (χ1) is 16.0. The van der Waals surface area contributed by atoms with Crippen LogP contribution in [0, 0.1) is 12.8 Å². The number of nitrogens with one attached hydrogen (secondary N) is 1. The molecule has 3 heterocycles. The molecule has 1 aliphatic rings. The molecule has 5 nitrogen and oxygen atoms in total. The van der Waals surface area contributed by atoms with Crippen LogP contribution in [0.1, 0.15) is 49.1 Å². The van der Waals surface area contributed by atoms with Crippen molar-refractivity contribution in [2.24, 2.45) is 5.92 Å². The average molecular weight is 477 g/mol. The summed E-state index contributed by atoms with van der Waals surface area (Å²) in [7, 11) is 0. The Balaban J connectivity index is 1.48. The summed E-state index contributed by atoms with van der Waals surface area (Å²) in [6, 6.07) is 7.83. The molecular formula is C26H28N4OS2. The van der Waals surface area contributed by atoms with Crippen molar-refractivity contribution in [3.8, 4) is 0 Å². The molecule has 1 N–H and O–H groups in total. The van der Waals surface area contributed by atoms with Crippen LogP contribution in [-0.2, 0) is 24.1 Å². The second-order valence-electron chi connectivity index (χ2n) is 9.11. The summed E-state index contributed by atoms with van der Waals surface area (Å²) in [5.74, 6) is 0.851. The van der Waals surface area contributed by atoms with Gasteiger partial charge in [-0.3, -0.25) is 4.79 Å². The number of aryl methyl sites for hydroxylation is 2. The van der Waals surface area contributed by atoms with Gasteiger partial charge in [0.15, 0.2) is 0 Å². The van der Waals surface area contributed by atoms with E-state index in [1.54, 1.807) is 17.7 Å². The van der Waals surface area contributed by atoms with E-state index in [-0.39, 0.29) is 5.91 Å². The maximum atomic E-state index is 12.6. The SMILES string of the molecule is Cc1ccccc1NC(=O)CSc1ncnc2c1sc1nc(CC(C)C)c3c(c12)CCCC3. The topological polar surface area (TPSA) is 67.8 Å². The van der Waals surface area contributed by atoms with Crippen molar-refractivity contribution in [2.75, 3.05) is 11.1 Å². The average Bonchev–Trinajstić information content (AvgIpc) is 3.18. The molecule has 0 bridgehead atoms. The number of rotatable bonds is 6. The van der Waals surface area contributed by atoms with Crippen molar-refractivity contribution in [1.82, 2.24) is 15.0 Å². The third-order valence-electron chi connectivity index (χ3n) is 6.14.